The lowest BCUT2D eigenvalue weighted by molar-refractivity contribution is -0.757. The van der Waals surface area contributed by atoms with Crippen LogP contribution in [0.1, 0.15) is 55.8 Å². The van der Waals surface area contributed by atoms with Gasteiger partial charge in [0.1, 0.15) is 11.3 Å². The predicted molar refractivity (Wildman–Crippen MR) is 99.6 cm³/mol. The normalized spacial score (nSPS) is 10.1. The van der Waals surface area contributed by atoms with Crippen molar-refractivity contribution in [3.63, 3.8) is 0 Å². The first-order chi connectivity index (χ1) is 13.9. The van der Waals surface area contributed by atoms with Gasteiger partial charge in [0.25, 0.3) is 5.09 Å². The maximum atomic E-state index is 12.1. The minimum Gasteiger partial charge on any atom is -0.466 e. The Morgan fingerprint density at radius 2 is 1.59 bits per heavy atom. The molecular weight excluding hydrogens is 386 g/mol. The summed E-state index contributed by atoms with van der Waals surface area (Å²) < 4.78 is 15.1. The Morgan fingerprint density at radius 1 is 0.931 bits per heavy atom. The van der Waals surface area contributed by atoms with Crippen molar-refractivity contribution >= 4 is 17.9 Å². The number of ether oxygens (including phenoxy) is 3. The Kier molecular flexibility index (Phi) is 11.5. The molecule has 1 aromatic rings. The highest BCUT2D eigenvalue weighted by molar-refractivity contribution is 5.93. The summed E-state index contributed by atoms with van der Waals surface area (Å²) in [7, 11) is 0. The van der Waals surface area contributed by atoms with Crippen molar-refractivity contribution in [2.75, 3.05) is 19.8 Å². The van der Waals surface area contributed by atoms with Crippen LogP contribution in [0.25, 0.3) is 0 Å². The highest BCUT2D eigenvalue weighted by Gasteiger charge is 2.14. The Morgan fingerprint density at radius 3 is 2.31 bits per heavy atom. The first kappa shape index (κ1) is 23.9. The van der Waals surface area contributed by atoms with Gasteiger partial charge in [0.15, 0.2) is 0 Å². The van der Waals surface area contributed by atoms with Gasteiger partial charge >= 0.3 is 17.9 Å². The highest BCUT2D eigenvalue weighted by atomic mass is 16.9. The number of nitrogens with zero attached hydrogens (tertiary/aromatic N) is 1. The summed E-state index contributed by atoms with van der Waals surface area (Å²) in [6.07, 6.45) is 3.00. The minimum atomic E-state index is -0.859. The van der Waals surface area contributed by atoms with E-state index in [1.54, 1.807) is 12.1 Å². The molecule has 0 atom stereocenters. The summed E-state index contributed by atoms with van der Waals surface area (Å²) in [5, 5.41) is 9.09. The van der Waals surface area contributed by atoms with Gasteiger partial charge in [-0.25, -0.2) is 4.79 Å². The summed E-state index contributed by atoms with van der Waals surface area (Å²) in [5.74, 6) is -1.30. The van der Waals surface area contributed by atoms with Crippen molar-refractivity contribution in [2.45, 2.75) is 45.4 Å². The molecule has 0 aromatic heterocycles. The van der Waals surface area contributed by atoms with Crippen LogP contribution in [0.5, 0.6) is 5.75 Å². The van der Waals surface area contributed by atoms with Gasteiger partial charge in [-0.15, -0.1) is 10.1 Å². The number of rotatable bonds is 14. The number of benzene rings is 1. The van der Waals surface area contributed by atoms with Gasteiger partial charge in [0.2, 0.25) is 0 Å². The van der Waals surface area contributed by atoms with Gasteiger partial charge in [-0.1, -0.05) is 12.1 Å². The monoisotopic (exact) mass is 411 g/mol. The summed E-state index contributed by atoms with van der Waals surface area (Å²) >= 11 is 0. The molecule has 10 nitrogen and oxygen atoms in total. The number of para-hydroxylation sites is 1. The quantitative estimate of drug-likeness (QED) is 0.149. The second-order valence-corrected chi connectivity index (χ2v) is 6.02. The van der Waals surface area contributed by atoms with E-state index in [4.69, 9.17) is 14.2 Å². The summed E-state index contributed by atoms with van der Waals surface area (Å²) in [6, 6.07) is 6.32. The van der Waals surface area contributed by atoms with Crippen molar-refractivity contribution in [1.29, 1.82) is 0 Å². The highest BCUT2D eigenvalue weighted by Crippen LogP contribution is 2.19. The van der Waals surface area contributed by atoms with Crippen LogP contribution in [0.3, 0.4) is 0 Å². The first-order valence-corrected chi connectivity index (χ1v) is 9.27. The fourth-order valence-corrected chi connectivity index (χ4v) is 2.27. The fourth-order valence-electron chi connectivity index (χ4n) is 2.27. The molecule has 160 valence electrons. The van der Waals surface area contributed by atoms with E-state index >= 15 is 0 Å². The molecule has 29 heavy (non-hydrogen) atoms. The zero-order chi connectivity index (χ0) is 21.5. The average molecular weight is 411 g/mol. The topological polar surface area (TPSA) is 131 Å². The molecule has 0 radical (unpaired) electrons. The molecule has 0 spiro atoms. The summed E-state index contributed by atoms with van der Waals surface area (Å²) in [5.41, 5.74) is 0.176. The largest absolute Gasteiger partial charge is 0.466 e. The van der Waals surface area contributed by atoms with Crippen LogP contribution in [0.2, 0.25) is 0 Å². The van der Waals surface area contributed by atoms with E-state index in [0.29, 0.717) is 32.1 Å². The van der Waals surface area contributed by atoms with E-state index in [0.717, 1.165) is 0 Å². The van der Waals surface area contributed by atoms with Gasteiger partial charge in [-0.05, 0) is 44.2 Å². The molecule has 1 aromatic carbocycles. The van der Waals surface area contributed by atoms with Gasteiger partial charge in [0, 0.05) is 13.3 Å². The van der Waals surface area contributed by atoms with E-state index in [2.05, 4.69) is 4.84 Å². The van der Waals surface area contributed by atoms with Crippen molar-refractivity contribution in [3.05, 3.63) is 39.9 Å². The lowest BCUT2D eigenvalue weighted by Gasteiger charge is -2.09. The standard InChI is InChI=1S/C19H25NO9/c1-15(21)29-17-10-5-4-9-16(17)19(23)27-13-6-2-3-11-18(22)26-12-7-8-14-28-20(24)25/h4-5,9-10H,2-3,6-8,11-14H2,1H3. The predicted octanol–water partition coefficient (Wildman–Crippen LogP) is 2.86. The lowest BCUT2D eigenvalue weighted by Crippen LogP contribution is -2.11. The van der Waals surface area contributed by atoms with Crippen LogP contribution in [0, 0.1) is 10.1 Å². The zero-order valence-corrected chi connectivity index (χ0v) is 16.3. The third kappa shape index (κ3) is 11.3. The molecule has 0 aliphatic rings. The molecule has 0 saturated heterocycles. The molecule has 0 amide bonds. The van der Waals surface area contributed by atoms with Crippen LogP contribution in [-0.4, -0.2) is 42.8 Å². The average Bonchev–Trinajstić information content (AvgIpc) is 2.66. The molecule has 0 aliphatic heterocycles. The Bertz CT molecular complexity index is 690. The van der Waals surface area contributed by atoms with Crippen LogP contribution in [0.4, 0.5) is 0 Å². The number of hydrogen-bond donors (Lipinski definition) is 0. The maximum Gasteiger partial charge on any atom is 0.341 e. The van der Waals surface area contributed by atoms with Crippen LogP contribution < -0.4 is 4.74 Å². The van der Waals surface area contributed by atoms with E-state index in [-0.39, 0.29) is 43.5 Å². The molecule has 0 fully saturated rings. The molecular formula is C19H25NO9. The van der Waals surface area contributed by atoms with Crippen LogP contribution in [0.15, 0.2) is 24.3 Å². The van der Waals surface area contributed by atoms with E-state index in [1.807, 2.05) is 0 Å². The molecule has 0 heterocycles. The number of hydrogen-bond acceptors (Lipinski definition) is 9. The van der Waals surface area contributed by atoms with Crippen molar-refractivity contribution < 1.29 is 38.5 Å². The minimum absolute atomic E-state index is 0.0192. The van der Waals surface area contributed by atoms with Gasteiger partial charge in [0.05, 0.1) is 19.8 Å². The second kappa shape index (κ2) is 13.9. The Labute approximate surface area is 168 Å². The number of unbranched alkanes of at least 4 members (excludes halogenated alkanes) is 3. The van der Waals surface area contributed by atoms with Crippen LogP contribution in [-0.2, 0) is 23.9 Å². The lowest BCUT2D eigenvalue weighted by atomic mass is 10.2. The van der Waals surface area contributed by atoms with Gasteiger partial charge in [-0.3, -0.25) is 9.59 Å². The maximum absolute atomic E-state index is 12.1. The molecule has 1 rings (SSSR count). The molecule has 0 bridgehead atoms. The van der Waals surface area contributed by atoms with Crippen LogP contribution >= 0.6 is 0 Å². The van der Waals surface area contributed by atoms with Crippen molar-refractivity contribution in [3.8, 4) is 5.75 Å². The summed E-state index contributed by atoms with van der Waals surface area (Å²) in [4.78, 5) is 48.8. The van der Waals surface area contributed by atoms with Crippen molar-refractivity contribution in [2.24, 2.45) is 0 Å². The SMILES string of the molecule is CC(=O)Oc1ccccc1C(=O)OCCCCCC(=O)OCCCCO[N+](=O)[O-]. The number of carbonyl (C=O) groups is 3. The van der Waals surface area contributed by atoms with Gasteiger partial charge in [-0.2, -0.15) is 0 Å². The fraction of sp³-hybridized carbons (Fsp3) is 0.526. The smallest absolute Gasteiger partial charge is 0.341 e. The van der Waals surface area contributed by atoms with Gasteiger partial charge < -0.3 is 19.0 Å². The van der Waals surface area contributed by atoms with E-state index < -0.39 is 17.0 Å². The number of esters is 3. The molecule has 10 heteroatoms. The third-order valence-corrected chi connectivity index (χ3v) is 3.62. The van der Waals surface area contributed by atoms with Crippen molar-refractivity contribution in [1.82, 2.24) is 0 Å². The Hall–Kier alpha value is -3.17. The molecule has 0 N–H and O–H groups in total. The zero-order valence-electron chi connectivity index (χ0n) is 16.3. The third-order valence-electron chi connectivity index (χ3n) is 3.62. The second-order valence-electron chi connectivity index (χ2n) is 6.02. The first-order valence-electron chi connectivity index (χ1n) is 9.27. The van der Waals surface area contributed by atoms with E-state index in [1.165, 1.54) is 19.1 Å². The number of carbonyl (C=O) groups excluding carboxylic acids is 3. The Balaban J connectivity index is 2.11. The molecule has 0 unspecified atom stereocenters. The molecule has 0 saturated carbocycles. The molecule has 0 aliphatic carbocycles. The van der Waals surface area contributed by atoms with E-state index in [9.17, 15) is 24.5 Å². The summed E-state index contributed by atoms with van der Waals surface area (Å²) in [6.45, 7) is 1.60.